The first kappa shape index (κ1) is 15.7. The van der Waals surface area contributed by atoms with E-state index in [9.17, 15) is 8.78 Å². The molecule has 2 rings (SSSR count). The number of hydrogen-bond acceptors (Lipinski definition) is 2. The molecule has 1 aliphatic rings. The zero-order valence-corrected chi connectivity index (χ0v) is 12.5. The van der Waals surface area contributed by atoms with Crippen LogP contribution in [0.2, 0.25) is 5.02 Å². The van der Waals surface area contributed by atoms with E-state index in [1.807, 2.05) is 12.1 Å². The third-order valence-corrected chi connectivity index (χ3v) is 3.92. The number of rotatable bonds is 6. The number of ether oxygens (including phenoxy) is 1. The number of fused-ring (bicyclic) bond motifs is 1. The lowest BCUT2D eigenvalue weighted by molar-refractivity contribution is 0.0173. The van der Waals surface area contributed by atoms with Gasteiger partial charge >= 0.3 is 0 Å². The maximum absolute atomic E-state index is 12.0. The lowest BCUT2D eigenvalue weighted by atomic mass is 9.85. The van der Waals surface area contributed by atoms with E-state index in [1.165, 1.54) is 11.1 Å². The van der Waals surface area contributed by atoms with Gasteiger partial charge in [0.1, 0.15) is 6.61 Å². The van der Waals surface area contributed by atoms with Gasteiger partial charge in [-0.25, -0.2) is 8.78 Å². The number of benzene rings is 1. The van der Waals surface area contributed by atoms with Gasteiger partial charge in [0.2, 0.25) is 0 Å². The van der Waals surface area contributed by atoms with Crippen LogP contribution in [0.3, 0.4) is 0 Å². The van der Waals surface area contributed by atoms with E-state index >= 15 is 0 Å². The Bertz CT molecular complexity index is 465. The number of halogens is 3. The predicted octanol–water partition coefficient (Wildman–Crippen LogP) is 3.83. The van der Waals surface area contributed by atoms with Crippen LogP contribution in [0, 0.1) is 5.41 Å². The molecule has 112 valence electrons. The zero-order chi connectivity index (χ0) is 14.8. The summed E-state index contributed by atoms with van der Waals surface area (Å²) in [6.07, 6.45) is -1.42. The molecule has 0 radical (unpaired) electrons. The SMILES string of the molecule is CC1(C)Cc2ccc(Cl)cc2C1NCCOCC(F)F. The number of nitrogens with one attached hydrogen (secondary N) is 1. The molecule has 0 fully saturated rings. The summed E-state index contributed by atoms with van der Waals surface area (Å²) in [5.74, 6) is 0. The minimum atomic E-state index is -2.41. The molecule has 20 heavy (non-hydrogen) atoms. The molecule has 5 heteroatoms. The Morgan fingerprint density at radius 1 is 1.45 bits per heavy atom. The van der Waals surface area contributed by atoms with Gasteiger partial charge < -0.3 is 10.1 Å². The Labute approximate surface area is 123 Å². The Hall–Kier alpha value is -0.710. The van der Waals surface area contributed by atoms with Crippen molar-refractivity contribution in [3.63, 3.8) is 0 Å². The minimum absolute atomic E-state index is 0.0791. The van der Waals surface area contributed by atoms with Crippen molar-refractivity contribution in [1.29, 1.82) is 0 Å². The van der Waals surface area contributed by atoms with Crippen molar-refractivity contribution in [2.75, 3.05) is 19.8 Å². The van der Waals surface area contributed by atoms with E-state index in [0.29, 0.717) is 6.54 Å². The molecule has 0 saturated carbocycles. The van der Waals surface area contributed by atoms with Crippen LogP contribution in [0.5, 0.6) is 0 Å². The summed E-state index contributed by atoms with van der Waals surface area (Å²) in [5, 5.41) is 4.12. The molecule has 0 amide bonds. The summed E-state index contributed by atoms with van der Waals surface area (Å²) < 4.78 is 28.8. The highest BCUT2D eigenvalue weighted by Gasteiger charge is 2.38. The molecular weight excluding hydrogens is 284 g/mol. The summed E-state index contributed by atoms with van der Waals surface area (Å²) >= 11 is 6.06. The molecule has 1 aromatic carbocycles. The smallest absolute Gasteiger partial charge is 0.261 e. The van der Waals surface area contributed by atoms with Crippen LogP contribution in [0.1, 0.15) is 31.0 Å². The fraction of sp³-hybridized carbons (Fsp3) is 0.600. The van der Waals surface area contributed by atoms with E-state index in [4.69, 9.17) is 16.3 Å². The molecule has 2 nitrogen and oxygen atoms in total. The van der Waals surface area contributed by atoms with Gasteiger partial charge in [-0.3, -0.25) is 0 Å². The van der Waals surface area contributed by atoms with Gasteiger partial charge in [0.15, 0.2) is 0 Å². The van der Waals surface area contributed by atoms with E-state index in [1.54, 1.807) is 0 Å². The molecule has 1 aliphatic carbocycles. The lowest BCUT2D eigenvalue weighted by Gasteiger charge is -2.28. The minimum Gasteiger partial charge on any atom is -0.374 e. The molecular formula is C15H20ClF2NO. The largest absolute Gasteiger partial charge is 0.374 e. The molecule has 1 aromatic rings. The van der Waals surface area contributed by atoms with Crippen molar-refractivity contribution in [2.45, 2.75) is 32.7 Å². The summed E-state index contributed by atoms with van der Waals surface area (Å²) in [7, 11) is 0. The summed E-state index contributed by atoms with van der Waals surface area (Å²) in [6.45, 7) is 4.72. The maximum Gasteiger partial charge on any atom is 0.261 e. The van der Waals surface area contributed by atoms with Crippen molar-refractivity contribution in [3.8, 4) is 0 Å². The molecule has 0 saturated heterocycles. The molecule has 0 heterocycles. The molecule has 1 N–H and O–H groups in total. The summed E-state index contributed by atoms with van der Waals surface area (Å²) in [6, 6.07) is 6.13. The monoisotopic (exact) mass is 303 g/mol. The van der Waals surface area contributed by atoms with Gasteiger partial charge in [0, 0.05) is 17.6 Å². The highest BCUT2D eigenvalue weighted by molar-refractivity contribution is 6.30. The quantitative estimate of drug-likeness (QED) is 0.806. The van der Waals surface area contributed by atoms with Crippen LogP contribution in [-0.4, -0.2) is 26.2 Å². The molecule has 1 unspecified atom stereocenters. The van der Waals surface area contributed by atoms with Crippen molar-refractivity contribution in [1.82, 2.24) is 5.32 Å². The van der Waals surface area contributed by atoms with Crippen LogP contribution in [0.25, 0.3) is 0 Å². The average Bonchev–Trinajstić information content (AvgIpc) is 2.59. The Balaban J connectivity index is 1.95. The van der Waals surface area contributed by atoms with Gasteiger partial charge in [0.25, 0.3) is 6.43 Å². The van der Waals surface area contributed by atoms with Gasteiger partial charge in [-0.2, -0.15) is 0 Å². The van der Waals surface area contributed by atoms with Gasteiger partial charge in [-0.05, 0) is 35.1 Å². The third-order valence-electron chi connectivity index (χ3n) is 3.69. The molecule has 0 aliphatic heterocycles. The summed E-state index contributed by atoms with van der Waals surface area (Å²) in [4.78, 5) is 0. The first-order valence-electron chi connectivity index (χ1n) is 6.78. The lowest BCUT2D eigenvalue weighted by Crippen LogP contribution is -2.33. The fourth-order valence-corrected chi connectivity index (χ4v) is 3.02. The van der Waals surface area contributed by atoms with Crippen molar-refractivity contribution in [3.05, 3.63) is 34.3 Å². The van der Waals surface area contributed by atoms with Crippen molar-refractivity contribution < 1.29 is 13.5 Å². The van der Waals surface area contributed by atoms with Crippen molar-refractivity contribution in [2.24, 2.45) is 5.41 Å². The first-order chi connectivity index (χ1) is 9.40. The standard InChI is InChI=1S/C15H20ClF2NO/c1-15(2)8-10-3-4-11(16)7-12(10)14(15)19-5-6-20-9-13(17)18/h3-4,7,13-14,19H,5-6,8-9H2,1-2H3. The third kappa shape index (κ3) is 3.68. The molecule has 0 aromatic heterocycles. The second-order valence-corrected chi connectivity index (χ2v) is 6.30. The van der Waals surface area contributed by atoms with E-state index < -0.39 is 13.0 Å². The highest BCUT2D eigenvalue weighted by Crippen LogP contribution is 2.45. The van der Waals surface area contributed by atoms with E-state index in [2.05, 4.69) is 25.2 Å². The van der Waals surface area contributed by atoms with Crippen LogP contribution in [0.4, 0.5) is 8.78 Å². The van der Waals surface area contributed by atoms with E-state index in [-0.39, 0.29) is 18.1 Å². The Kier molecular flexibility index (Phi) is 4.99. The van der Waals surface area contributed by atoms with Crippen LogP contribution in [0.15, 0.2) is 18.2 Å². The fourth-order valence-electron chi connectivity index (χ4n) is 2.84. The van der Waals surface area contributed by atoms with E-state index in [0.717, 1.165) is 11.4 Å². The zero-order valence-electron chi connectivity index (χ0n) is 11.8. The average molecular weight is 304 g/mol. The van der Waals surface area contributed by atoms with Crippen molar-refractivity contribution >= 4 is 11.6 Å². The number of alkyl halides is 2. The van der Waals surface area contributed by atoms with Crippen LogP contribution in [-0.2, 0) is 11.2 Å². The summed E-state index contributed by atoms with van der Waals surface area (Å²) in [5.41, 5.74) is 2.58. The first-order valence-corrected chi connectivity index (χ1v) is 7.15. The Morgan fingerprint density at radius 3 is 2.90 bits per heavy atom. The number of hydrogen-bond donors (Lipinski definition) is 1. The molecule has 1 atom stereocenters. The highest BCUT2D eigenvalue weighted by atomic mass is 35.5. The second kappa shape index (κ2) is 6.37. The van der Waals surface area contributed by atoms with Gasteiger partial charge in [0.05, 0.1) is 6.61 Å². The van der Waals surface area contributed by atoms with Gasteiger partial charge in [-0.1, -0.05) is 31.5 Å². The van der Waals surface area contributed by atoms with Crippen LogP contribution < -0.4 is 5.32 Å². The van der Waals surface area contributed by atoms with Crippen LogP contribution >= 0.6 is 11.6 Å². The normalized spacial score (nSPS) is 20.4. The topological polar surface area (TPSA) is 21.3 Å². The predicted molar refractivity (Wildman–Crippen MR) is 76.5 cm³/mol. The maximum atomic E-state index is 12.0. The molecule has 0 spiro atoms. The molecule has 0 bridgehead atoms. The Morgan fingerprint density at radius 2 is 2.20 bits per heavy atom. The van der Waals surface area contributed by atoms with Gasteiger partial charge in [-0.15, -0.1) is 0 Å². The second-order valence-electron chi connectivity index (χ2n) is 5.86.